The summed E-state index contributed by atoms with van der Waals surface area (Å²) in [4.78, 5) is 5.48. The van der Waals surface area contributed by atoms with E-state index in [2.05, 4.69) is 42.3 Å². The molecular formula is C15H24N2O. The fourth-order valence-corrected chi connectivity index (χ4v) is 1.84. The number of aromatic nitrogens is 1. The Hall–Kier alpha value is -1.48. The van der Waals surface area contributed by atoms with Crippen LogP contribution < -0.4 is 4.74 Å². The molecule has 1 heterocycles. The van der Waals surface area contributed by atoms with Gasteiger partial charge in [-0.05, 0) is 44.3 Å². The Morgan fingerprint density at radius 1 is 1.22 bits per heavy atom. The van der Waals surface area contributed by atoms with Crippen LogP contribution in [0.15, 0.2) is 24.4 Å². The Labute approximate surface area is 110 Å². The molecule has 2 aromatic rings. The van der Waals surface area contributed by atoms with Crippen molar-refractivity contribution < 1.29 is 4.74 Å². The molecular weight excluding hydrogens is 224 g/mol. The minimum absolute atomic E-state index is 0.915. The number of hydrogen-bond donors (Lipinski definition) is 1. The summed E-state index contributed by atoms with van der Waals surface area (Å²) in [6.45, 7) is 5.06. The second-order valence-electron chi connectivity index (χ2n) is 4.28. The first-order chi connectivity index (χ1) is 8.70. The molecule has 0 aliphatic rings. The van der Waals surface area contributed by atoms with E-state index in [9.17, 15) is 0 Å². The smallest absolute Gasteiger partial charge is 0.119 e. The largest absolute Gasteiger partial charge is 0.497 e. The van der Waals surface area contributed by atoms with Crippen molar-refractivity contribution in [3.63, 3.8) is 0 Å². The molecule has 0 amide bonds. The average molecular weight is 248 g/mol. The van der Waals surface area contributed by atoms with Gasteiger partial charge in [0.2, 0.25) is 0 Å². The minimum atomic E-state index is 0.915. The van der Waals surface area contributed by atoms with E-state index in [4.69, 9.17) is 4.74 Å². The number of ether oxygens (including phenoxy) is 1. The van der Waals surface area contributed by atoms with Crippen LogP contribution in [0.2, 0.25) is 0 Å². The molecule has 2 rings (SSSR count). The molecule has 1 N–H and O–H groups in total. The van der Waals surface area contributed by atoms with Crippen LogP contribution in [0, 0.1) is 0 Å². The molecule has 0 radical (unpaired) electrons. The standard InChI is InChI=1S/C13H18N2O.C2H6/c1-15(2)7-6-10-9-14-13-5-4-11(16-3)8-12(10)13;1-2/h4-5,8-9,14H,6-7H2,1-3H3;1-2H3. The summed E-state index contributed by atoms with van der Waals surface area (Å²) in [6, 6.07) is 6.14. The van der Waals surface area contributed by atoms with Gasteiger partial charge in [-0.1, -0.05) is 13.8 Å². The van der Waals surface area contributed by atoms with Crippen LogP contribution in [0.5, 0.6) is 5.75 Å². The van der Waals surface area contributed by atoms with Gasteiger partial charge in [0.15, 0.2) is 0 Å². The number of benzene rings is 1. The van der Waals surface area contributed by atoms with Crippen molar-refractivity contribution in [3.05, 3.63) is 30.0 Å². The van der Waals surface area contributed by atoms with Crippen molar-refractivity contribution in [2.45, 2.75) is 20.3 Å². The molecule has 0 saturated heterocycles. The molecule has 0 fully saturated rings. The highest BCUT2D eigenvalue weighted by atomic mass is 16.5. The van der Waals surface area contributed by atoms with E-state index in [0.29, 0.717) is 0 Å². The number of likely N-dealkylation sites (N-methyl/N-ethyl adjacent to an activating group) is 1. The number of methoxy groups -OCH3 is 1. The summed E-state index contributed by atoms with van der Waals surface area (Å²) in [5, 5.41) is 1.27. The van der Waals surface area contributed by atoms with Crippen LogP contribution in [0.4, 0.5) is 0 Å². The topological polar surface area (TPSA) is 28.3 Å². The zero-order valence-corrected chi connectivity index (χ0v) is 12.1. The zero-order chi connectivity index (χ0) is 13.5. The Bertz CT molecular complexity index is 474. The lowest BCUT2D eigenvalue weighted by Gasteiger charge is -2.08. The number of rotatable bonds is 4. The highest BCUT2D eigenvalue weighted by Gasteiger charge is 2.05. The van der Waals surface area contributed by atoms with Gasteiger partial charge in [-0.15, -0.1) is 0 Å². The maximum absolute atomic E-state index is 5.25. The van der Waals surface area contributed by atoms with Crippen LogP contribution in [0.3, 0.4) is 0 Å². The van der Waals surface area contributed by atoms with Crippen molar-refractivity contribution >= 4 is 10.9 Å². The molecule has 0 atom stereocenters. The summed E-state index contributed by atoms with van der Waals surface area (Å²) >= 11 is 0. The maximum atomic E-state index is 5.25. The Morgan fingerprint density at radius 3 is 2.56 bits per heavy atom. The number of hydrogen-bond acceptors (Lipinski definition) is 2. The van der Waals surface area contributed by atoms with Crippen LogP contribution in [-0.4, -0.2) is 37.6 Å². The van der Waals surface area contributed by atoms with Crippen molar-refractivity contribution in [1.82, 2.24) is 9.88 Å². The van der Waals surface area contributed by atoms with Crippen molar-refractivity contribution in [1.29, 1.82) is 0 Å². The van der Waals surface area contributed by atoms with E-state index in [1.165, 1.54) is 16.5 Å². The van der Waals surface area contributed by atoms with Gasteiger partial charge in [-0.25, -0.2) is 0 Å². The molecule has 0 aliphatic carbocycles. The molecule has 0 aliphatic heterocycles. The maximum Gasteiger partial charge on any atom is 0.119 e. The fraction of sp³-hybridized carbons (Fsp3) is 0.467. The molecule has 0 saturated carbocycles. The van der Waals surface area contributed by atoms with Gasteiger partial charge in [0, 0.05) is 23.6 Å². The van der Waals surface area contributed by atoms with Crippen molar-refractivity contribution in [2.24, 2.45) is 0 Å². The number of aromatic amines is 1. The Balaban J connectivity index is 0.000000771. The molecule has 100 valence electrons. The molecule has 1 aromatic heterocycles. The zero-order valence-electron chi connectivity index (χ0n) is 12.1. The first-order valence-electron chi connectivity index (χ1n) is 6.49. The molecule has 0 bridgehead atoms. The lowest BCUT2D eigenvalue weighted by atomic mass is 10.1. The van der Waals surface area contributed by atoms with Gasteiger partial charge >= 0.3 is 0 Å². The lowest BCUT2D eigenvalue weighted by molar-refractivity contribution is 0.413. The predicted molar refractivity (Wildman–Crippen MR) is 78.5 cm³/mol. The van der Waals surface area contributed by atoms with Crippen molar-refractivity contribution in [2.75, 3.05) is 27.7 Å². The Kier molecular flexibility index (Phi) is 5.72. The third-order valence-corrected chi connectivity index (χ3v) is 2.80. The number of nitrogens with zero attached hydrogens (tertiary/aromatic N) is 1. The van der Waals surface area contributed by atoms with E-state index in [1.54, 1.807) is 7.11 Å². The second-order valence-corrected chi connectivity index (χ2v) is 4.28. The molecule has 0 unspecified atom stereocenters. The van der Waals surface area contributed by atoms with Crippen LogP contribution in [0.1, 0.15) is 19.4 Å². The SMILES string of the molecule is CC.COc1ccc2[nH]cc(CCN(C)C)c2c1. The number of nitrogens with one attached hydrogen (secondary N) is 1. The summed E-state index contributed by atoms with van der Waals surface area (Å²) in [7, 11) is 5.89. The van der Waals surface area contributed by atoms with Crippen LogP contribution in [0.25, 0.3) is 10.9 Å². The monoisotopic (exact) mass is 248 g/mol. The van der Waals surface area contributed by atoms with Gasteiger partial charge in [-0.3, -0.25) is 0 Å². The van der Waals surface area contributed by atoms with E-state index in [1.807, 2.05) is 19.9 Å². The number of H-pyrrole nitrogens is 1. The highest BCUT2D eigenvalue weighted by molar-refractivity contribution is 5.84. The predicted octanol–water partition coefficient (Wildman–Crippen LogP) is 3.31. The van der Waals surface area contributed by atoms with E-state index in [-0.39, 0.29) is 0 Å². The van der Waals surface area contributed by atoms with Gasteiger partial charge < -0.3 is 14.6 Å². The quantitative estimate of drug-likeness (QED) is 0.899. The molecule has 3 nitrogen and oxygen atoms in total. The normalized spacial score (nSPS) is 10.3. The molecule has 3 heteroatoms. The summed E-state index contributed by atoms with van der Waals surface area (Å²) in [5.41, 5.74) is 2.53. The van der Waals surface area contributed by atoms with Gasteiger partial charge in [0.05, 0.1) is 7.11 Å². The first-order valence-corrected chi connectivity index (χ1v) is 6.49. The minimum Gasteiger partial charge on any atom is -0.497 e. The van der Waals surface area contributed by atoms with E-state index >= 15 is 0 Å². The Morgan fingerprint density at radius 2 is 1.94 bits per heavy atom. The van der Waals surface area contributed by atoms with E-state index < -0.39 is 0 Å². The summed E-state index contributed by atoms with van der Waals surface area (Å²) in [6.07, 6.45) is 3.15. The summed E-state index contributed by atoms with van der Waals surface area (Å²) < 4.78 is 5.25. The average Bonchev–Trinajstić information content (AvgIpc) is 2.80. The van der Waals surface area contributed by atoms with E-state index in [0.717, 1.165) is 18.7 Å². The summed E-state index contributed by atoms with van der Waals surface area (Å²) in [5.74, 6) is 0.915. The van der Waals surface area contributed by atoms with Gasteiger partial charge in [0.25, 0.3) is 0 Å². The third kappa shape index (κ3) is 3.50. The van der Waals surface area contributed by atoms with Gasteiger partial charge in [0.1, 0.15) is 5.75 Å². The molecule has 0 spiro atoms. The third-order valence-electron chi connectivity index (χ3n) is 2.80. The lowest BCUT2D eigenvalue weighted by Crippen LogP contribution is -2.14. The first kappa shape index (κ1) is 14.6. The molecule has 18 heavy (non-hydrogen) atoms. The van der Waals surface area contributed by atoms with Crippen LogP contribution in [-0.2, 0) is 6.42 Å². The second kappa shape index (κ2) is 7.07. The molecule has 1 aromatic carbocycles. The fourth-order valence-electron chi connectivity index (χ4n) is 1.84. The number of fused-ring (bicyclic) bond motifs is 1. The highest BCUT2D eigenvalue weighted by Crippen LogP contribution is 2.23. The van der Waals surface area contributed by atoms with Crippen LogP contribution >= 0.6 is 0 Å². The van der Waals surface area contributed by atoms with Crippen molar-refractivity contribution in [3.8, 4) is 5.75 Å². The van der Waals surface area contributed by atoms with Gasteiger partial charge in [-0.2, -0.15) is 0 Å².